The second-order valence-corrected chi connectivity index (χ2v) is 5.61. The minimum Gasteiger partial charge on any atom is -0.486 e. The summed E-state index contributed by atoms with van der Waals surface area (Å²) in [6.07, 6.45) is 4.43. The van der Waals surface area contributed by atoms with Crippen LogP contribution < -0.4 is 10.1 Å². The number of imidazole rings is 1. The molecule has 2 rings (SSSR count). The van der Waals surface area contributed by atoms with Crippen molar-refractivity contribution in [2.45, 2.75) is 39.0 Å². The van der Waals surface area contributed by atoms with Gasteiger partial charge in [0.1, 0.15) is 18.2 Å². The summed E-state index contributed by atoms with van der Waals surface area (Å²) in [5.41, 5.74) is 1.20. The number of hydrogen-bond acceptors (Lipinski definition) is 4. The third-order valence-corrected chi connectivity index (χ3v) is 3.77. The highest BCUT2D eigenvalue weighted by Gasteiger charge is 2.09. The van der Waals surface area contributed by atoms with Gasteiger partial charge in [-0.15, -0.1) is 0 Å². The van der Waals surface area contributed by atoms with Gasteiger partial charge in [0.2, 0.25) is 0 Å². The highest BCUT2D eigenvalue weighted by atomic mass is 16.5. The lowest BCUT2D eigenvalue weighted by molar-refractivity contribution is 0.264. The van der Waals surface area contributed by atoms with Crippen LogP contribution in [0.1, 0.15) is 37.7 Å². The molecular weight excluding hydrogens is 278 g/mol. The minimum atomic E-state index is 0.209. The van der Waals surface area contributed by atoms with Gasteiger partial charge in [0, 0.05) is 38.1 Å². The van der Waals surface area contributed by atoms with Crippen LogP contribution >= 0.6 is 0 Å². The average molecular weight is 303 g/mol. The topological polar surface area (TPSA) is 59.3 Å². The molecule has 2 N–H and O–H groups in total. The normalized spacial score (nSPS) is 13.8. The van der Waals surface area contributed by atoms with Crippen molar-refractivity contribution in [2.75, 3.05) is 6.61 Å². The van der Waals surface area contributed by atoms with Gasteiger partial charge in [0.25, 0.3) is 0 Å². The second kappa shape index (κ2) is 7.96. The molecule has 2 aromatic rings. The van der Waals surface area contributed by atoms with Gasteiger partial charge in [0.05, 0.1) is 0 Å². The molecule has 0 amide bonds. The summed E-state index contributed by atoms with van der Waals surface area (Å²) in [5, 5.41) is 12.4. The monoisotopic (exact) mass is 303 g/mol. The maximum atomic E-state index is 8.95. The predicted molar refractivity (Wildman–Crippen MR) is 86.7 cm³/mol. The van der Waals surface area contributed by atoms with E-state index in [2.05, 4.69) is 36.3 Å². The molecule has 1 heterocycles. The number of aromatic nitrogens is 2. The van der Waals surface area contributed by atoms with Gasteiger partial charge < -0.3 is 19.7 Å². The smallest absolute Gasteiger partial charge is 0.146 e. The lowest BCUT2D eigenvalue weighted by Crippen LogP contribution is -2.29. The van der Waals surface area contributed by atoms with Crippen LogP contribution in [0, 0.1) is 0 Å². The number of nitrogens with one attached hydrogen (secondary N) is 1. The molecular formula is C17H25N3O2. The Balaban J connectivity index is 1.88. The van der Waals surface area contributed by atoms with Crippen LogP contribution in [0.3, 0.4) is 0 Å². The van der Waals surface area contributed by atoms with Crippen molar-refractivity contribution in [3.63, 3.8) is 0 Å². The number of ether oxygens (including phenoxy) is 1. The van der Waals surface area contributed by atoms with E-state index in [0.717, 1.165) is 18.0 Å². The highest BCUT2D eigenvalue weighted by Crippen LogP contribution is 2.19. The standard InChI is InChI=1S/C17H25N3O2/c1-13(8-11-21)19-14(2)15-4-6-16(7-5-15)22-12-17-18-9-10-20(17)3/h4-7,9-10,13-14,19,21H,8,11-12H2,1-3H3/t13-,14?/m1/s1. The van der Waals surface area contributed by atoms with Gasteiger partial charge in [-0.2, -0.15) is 0 Å². The fraction of sp³-hybridized carbons (Fsp3) is 0.471. The van der Waals surface area contributed by atoms with E-state index < -0.39 is 0 Å². The zero-order valence-electron chi connectivity index (χ0n) is 13.5. The van der Waals surface area contributed by atoms with Gasteiger partial charge in [-0.3, -0.25) is 0 Å². The minimum absolute atomic E-state index is 0.209. The summed E-state index contributed by atoms with van der Waals surface area (Å²) in [7, 11) is 1.95. The third kappa shape index (κ3) is 4.58. The van der Waals surface area contributed by atoms with Crippen molar-refractivity contribution < 1.29 is 9.84 Å². The Labute approximate surface area is 132 Å². The number of hydrogen-bond donors (Lipinski definition) is 2. The first kappa shape index (κ1) is 16.5. The molecule has 0 saturated heterocycles. The van der Waals surface area contributed by atoms with E-state index in [1.807, 2.05) is 29.9 Å². The zero-order valence-corrected chi connectivity index (χ0v) is 13.5. The number of nitrogens with zero attached hydrogens (tertiary/aromatic N) is 2. The molecule has 0 fully saturated rings. The van der Waals surface area contributed by atoms with Gasteiger partial charge >= 0.3 is 0 Å². The number of aryl methyl sites for hydroxylation is 1. The van der Waals surface area contributed by atoms with Crippen molar-refractivity contribution in [2.24, 2.45) is 7.05 Å². The largest absolute Gasteiger partial charge is 0.486 e. The van der Waals surface area contributed by atoms with E-state index in [-0.39, 0.29) is 12.6 Å². The van der Waals surface area contributed by atoms with Crippen molar-refractivity contribution in [3.8, 4) is 5.75 Å². The van der Waals surface area contributed by atoms with Gasteiger partial charge in [-0.05, 0) is 38.0 Å². The van der Waals surface area contributed by atoms with E-state index in [1.54, 1.807) is 6.20 Å². The van der Waals surface area contributed by atoms with Gasteiger partial charge in [0.15, 0.2) is 0 Å². The molecule has 0 spiro atoms. The molecule has 0 aliphatic heterocycles. The Kier molecular flexibility index (Phi) is 5.98. The maximum absolute atomic E-state index is 8.95. The Hall–Kier alpha value is -1.85. The lowest BCUT2D eigenvalue weighted by Gasteiger charge is -2.20. The molecule has 0 bridgehead atoms. The van der Waals surface area contributed by atoms with Crippen LogP contribution in [0.15, 0.2) is 36.7 Å². The van der Waals surface area contributed by atoms with Gasteiger partial charge in [-0.25, -0.2) is 4.98 Å². The van der Waals surface area contributed by atoms with Crippen LogP contribution in [0.2, 0.25) is 0 Å². The van der Waals surface area contributed by atoms with Crippen LogP contribution in [0.4, 0.5) is 0 Å². The number of benzene rings is 1. The fourth-order valence-corrected chi connectivity index (χ4v) is 2.34. The zero-order chi connectivity index (χ0) is 15.9. The van der Waals surface area contributed by atoms with Crippen LogP contribution in [-0.2, 0) is 13.7 Å². The van der Waals surface area contributed by atoms with Gasteiger partial charge in [-0.1, -0.05) is 12.1 Å². The quantitative estimate of drug-likeness (QED) is 0.786. The molecule has 1 aromatic heterocycles. The van der Waals surface area contributed by atoms with E-state index in [9.17, 15) is 0 Å². The first-order valence-corrected chi connectivity index (χ1v) is 7.66. The second-order valence-electron chi connectivity index (χ2n) is 5.61. The molecule has 5 heteroatoms. The summed E-state index contributed by atoms with van der Waals surface area (Å²) in [4.78, 5) is 4.23. The van der Waals surface area contributed by atoms with E-state index in [4.69, 9.17) is 9.84 Å². The van der Waals surface area contributed by atoms with Crippen molar-refractivity contribution in [1.82, 2.24) is 14.9 Å². The summed E-state index contributed by atoms with van der Waals surface area (Å²) in [5.74, 6) is 1.74. The molecule has 2 atom stereocenters. The summed E-state index contributed by atoms with van der Waals surface area (Å²) in [6.45, 7) is 4.87. The van der Waals surface area contributed by atoms with E-state index in [1.165, 1.54) is 5.56 Å². The van der Waals surface area contributed by atoms with Crippen molar-refractivity contribution in [3.05, 3.63) is 48.0 Å². The predicted octanol–water partition coefficient (Wildman–Crippen LogP) is 2.42. The van der Waals surface area contributed by atoms with E-state index in [0.29, 0.717) is 12.6 Å². The van der Waals surface area contributed by atoms with E-state index >= 15 is 0 Å². The molecule has 0 aliphatic carbocycles. The number of aliphatic hydroxyl groups excluding tert-OH is 1. The number of rotatable bonds is 8. The Bertz CT molecular complexity index is 566. The number of aliphatic hydroxyl groups is 1. The molecule has 0 aliphatic rings. The summed E-state index contributed by atoms with van der Waals surface area (Å²) < 4.78 is 7.70. The molecule has 1 unspecified atom stereocenters. The molecule has 1 aromatic carbocycles. The van der Waals surface area contributed by atoms with Crippen LogP contribution in [0.5, 0.6) is 5.75 Å². The summed E-state index contributed by atoms with van der Waals surface area (Å²) >= 11 is 0. The molecule has 5 nitrogen and oxygen atoms in total. The lowest BCUT2D eigenvalue weighted by atomic mass is 10.1. The SMILES string of the molecule is CC(N[C@H](C)CCO)c1ccc(OCc2nccn2C)cc1. The Morgan fingerprint density at radius 1 is 1.27 bits per heavy atom. The third-order valence-electron chi connectivity index (χ3n) is 3.77. The molecule has 22 heavy (non-hydrogen) atoms. The Morgan fingerprint density at radius 2 is 2.00 bits per heavy atom. The maximum Gasteiger partial charge on any atom is 0.146 e. The van der Waals surface area contributed by atoms with Crippen LogP contribution in [-0.4, -0.2) is 27.3 Å². The highest BCUT2D eigenvalue weighted by molar-refractivity contribution is 5.29. The fourth-order valence-electron chi connectivity index (χ4n) is 2.34. The molecule has 0 radical (unpaired) electrons. The molecule has 0 saturated carbocycles. The Morgan fingerprint density at radius 3 is 2.59 bits per heavy atom. The van der Waals surface area contributed by atoms with Crippen molar-refractivity contribution in [1.29, 1.82) is 0 Å². The van der Waals surface area contributed by atoms with Crippen molar-refractivity contribution >= 4 is 0 Å². The molecule has 120 valence electrons. The first-order chi connectivity index (χ1) is 10.6. The first-order valence-electron chi connectivity index (χ1n) is 7.66. The average Bonchev–Trinajstić information content (AvgIpc) is 2.91. The van der Waals surface area contributed by atoms with Crippen LogP contribution in [0.25, 0.3) is 0 Å². The summed E-state index contributed by atoms with van der Waals surface area (Å²) in [6, 6.07) is 8.62.